The van der Waals surface area contributed by atoms with E-state index in [0.717, 1.165) is 0 Å². The number of carboxylic acid groups (broad SMARTS) is 1. The molecule has 0 aliphatic rings. The number of nitrogens with one attached hydrogen (secondary N) is 1. The molecule has 0 aliphatic heterocycles. The molecule has 136 valence electrons. The van der Waals surface area contributed by atoms with Crippen LogP contribution >= 0.6 is 0 Å². The van der Waals surface area contributed by atoms with Crippen LogP contribution in [0, 0.1) is 5.92 Å². The Morgan fingerprint density at radius 2 is 1.96 bits per heavy atom. The highest BCUT2D eigenvalue weighted by molar-refractivity contribution is 5.87. The molecule has 0 spiro atoms. The minimum absolute atomic E-state index is 0.0719. The Balaban J connectivity index is 2.78. The first-order chi connectivity index (χ1) is 11.9. The number of rotatable bonds is 10. The third kappa shape index (κ3) is 6.70. The van der Waals surface area contributed by atoms with Crippen LogP contribution in [-0.4, -0.2) is 47.4 Å². The van der Waals surface area contributed by atoms with Crippen LogP contribution in [0.1, 0.15) is 19.4 Å². The van der Waals surface area contributed by atoms with Gasteiger partial charge in [0.05, 0.1) is 6.61 Å². The number of aliphatic hydroxyl groups excluding tert-OH is 1. The van der Waals surface area contributed by atoms with Crippen LogP contribution in [0.15, 0.2) is 29.4 Å². The molecule has 1 unspecified atom stereocenters. The van der Waals surface area contributed by atoms with Gasteiger partial charge in [-0.2, -0.15) is 0 Å². The molecule has 0 saturated heterocycles. The fraction of sp³-hybridized carbons (Fsp3) is 0.500. The highest BCUT2D eigenvalue weighted by Gasteiger charge is 2.26. The number of nitrogens with zero attached hydrogens (tertiary/aromatic N) is 3. The Labute approximate surface area is 145 Å². The number of ether oxygens (including phenoxy) is 1. The van der Waals surface area contributed by atoms with Crippen LogP contribution in [-0.2, 0) is 16.0 Å². The summed E-state index contributed by atoms with van der Waals surface area (Å²) in [5, 5.41) is 23.9. The van der Waals surface area contributed by atoms with Crippen molar-refractivity contribution in [2.24, 2.45) is 11.0 Å². The maximum absolute atomic E-state index is 12.2. The smallest absolute Gasteiger partial charge is 0.326 e. The Kier molecular flexibility index (Phi) is 8.25. The van der Waals surface area contributed by atoms with Gasteiger partial charge in [0, 0.05) is 11.3 Å². The SMILES string of the molecule is CC(C)[C@H](N=[N+]=[N-])C(=O)NC(Cc1ccc(OCCO)cc1)C(=O)O. The molecule has 0 aromatic heterocycles. The van der Waals surface area contributed by atoms with Gasteiger partial charge < -0.3 is 20.3 Å². The summed E-state index contributed by atoms with van der Waals surface area (Å²) in [4.78, 5) is 26.2. The minimum Gasteiger partial charge on any atom is -0.491 e. The van der Waals surface area contributed by atoms with Gasteiger partial charge in [-0.05, 0) is 29.1 Å². The van der Waals surface area contributed by atoms with Crippen molar-refractivity contribution in [3.05, 3.63) is 40.3 Å². The average molecular weight is 350 g/mol. The zero-order valence-electron chi connectivity index (χ0n) is 14.1. The first-order valence-electron chi connectivity index (χ1n) is 7.79. The molecular weight excluding hydrogens is 328 g/mol. The Morgan fingerprint density at radius 1 is 1.32 bits per heavy atom. The van der Waals surface area contributed by atoms with Crippen molar-refractivity contribution in [1.82, 2.24) is 5.32 Å². The molecule has 9 nitrogen and oxygen atoms in total. The molecule has 25 heavy (non-hydrogen) atoms. The lowest BCUT2D eigenvalue weighted by Gasteiger charge is -2.19. The molecule has 3 N–H and O–H groups in total. The van der Waals surface area contributed by atoms with E-state index in [0.29, 0.717) is 11.3 Å². The van der Waals surface area contributed by atoms with Crippen molar-refractivity contribution in [1.29, 1.82) is 0 Å². The van der Waals surface area contributed by atoms with Crippen LogP contribution < -0.4 is 10.1 Å². The van der Waals surface area contributed by atoms with E-state index in [1.165, 1.54) is 0 Å². The molecule has 0 heterocycles. The van der Waals surface area contributed by atoms with Gasteiger partial charge in [-0.1, -0.05) is 31.1 Å². The van der Waals surface area contributed by atoms with Crippen molar-refractivity contribution in [3.63, 3.8) is 0 Å². The second kappa shape index (κ2) is 10.2. The normalized spacial score (nSPS) is 12.8. The van der Waals surface area contributed by atoms with Gasteiger partial charge in [-0.15, -0.1) is 0 Å². The van der Waals surface area contributed by atoms with E-state index >= 15 is 0 Å². The molecule has 0 bridgehead atoms. The van der Waals surface area contributed by atoms with Gasteiger partial charge in [0.2, 0.25) is 5.91 Å². The molecule has 1 aromatic carbocycles. The summed E-state index contributed by atoms with van der Waals surface area (Å²) in [7, 11) is 0. The van der Waals surface area contributed by atoms with Crippen LogP contribution in [0.5, 0.6) is 5.75 Å². The number of carbonyl (C=O) groups is 2. The molecule has 2 atom stereocenters. The first-order valence-corrected chi connectivity index (χ1v) is 7.79. The molecule has 0 radical (unpaired) electrons. The van der Waals surface area contributed by atoms with E-state index in [4.69, 9.17) is 15.4 Å². The van der Waals surface area contributed by atoms with Gasteiger partial charge in [0.15, 0.2) is 0 Å². The standard InChI is InChI=1S/C16H22N4O5/c1-10(2)14(19-20-17)15(22)18-13(16(23)24)9-11-3-5-12(6-4-11)25-8-7-21/h3-6,10,13-14,21H,7-9H2,1-2H3,(H,18,22)(H,23,24)/t13?,14-/m0/s1. The summed E-state index contributed by atoms with van der Waals surface area (Å²) >= 11 is 0. The van der Waals surface area contributed by atoms with E-state index in [9.17, 15) is 14.7 Å². The fourth-order valence-corrected chi connectivity index (χ4v) is 2.12. The van der Waals surface area contributed by atoms with E-state index in [2.05, 4.69) is 15.3 Å². The monoisotopic (exact) mass is 350 g/mol. The average Bonchev–Trinajstić information content (AvgIpc) is 2.57. The summed E-state index contributed by atoms with van der Waals surface area (Å²) < 4.78 is 5.23. The lowest BCUT2D eigenvalue weighted by molar-refractivity contribution is -0.142. The van der Waals surface area contributed by atoms with Crippen molar-refractivity contribution in [2.45, 2.75) is 32.4 Å². The van der Waals surface area contributed by atoms with Gasteiger partial charge in [-0.3, -0.25) is 4.79 Å². The number of amides is 1. The molecule has 0 fully saturated rings. The zero-order chi connectivity index (χ0) is 18.8. The number of benzene rings is 1. The quantitative estimate of drug-likeness (QED) is 0.333. The molecular formula is C16H22N4O5. The maximum Gasteiger partial charge on any atom is 0.326 e. The van der Waals surface area contributed by atoms with Crippen LogP contribution in [0.3, 0.4) is 0 Å². The molecule has 0 aliphatic carbocycles. The van der Waals surface area contributed by atoms with Gasteiger partial charge in [-0.25, -0.2) is 4.79 Å². The predicted molar refractivity (Wildman–Crippen MR) is 90.1 cm³/mol. The zero-order valence-corrected chi connectivity index (χ0v) is 14.1. The second-order valence-corrected chi connectivity index (χ2v) is 5.71. The number of hydrogen-bond donors (Lipinski definition) is 3. The lowest BCUT2D eigenvalue weighted by Crippen LogP contribution is -2.47. The molecule has 1 rings (SSSR count). The molecule has 9 heteroatoms. The van der Waals surface area contributed by atoms with Crippen LogP contribution in [0.25, 0.3) is 10.4 Å². The van der Waals surface area contributed by atoms with Crippen molar-refractivity contribution >= 4 is 11.9 Å². The minimum atomic E-state index is -1.18. The summed E-state index contributed by atoms with van der Waals surface area (Å²) in [6.45, 7) is 3.49. The van der Waals surface area contributed by atoms with E-state index < -0.39 is 24.0 Å². The number of aliphatic carboxylic acids is 1. The Bertz CT molecular complexity index is 626. The largest absolute Gasteiger partial charge is 0.491 e. The number of aliphatic hydroxyl groups is 1. The maximum atomic E-state index is 12.2. The summed E-state index contributed by atoms with van der Waals surface area (Å²) in [5.74, 6) is -1.51. The summed E-state index contributed by atoms with van der Waals surface area (Å²) in [6.07, 6.45) is 0.0719. The third-order valence-corrected chi connectivity index (χ3v) is 3.41. The highest BCUT2D eigenvalue weighted by Crippen LogP contribution is 2.14. The van der Waals surface area contributed by atoms with Crippen molar-refractivity contribution in [2.75, 3.05) is 13.2 Å². The number of carbonyl (C=O) groups excluding carboxylic acids is 1. The van der Waals surface area contributed by atoms with Crippen molar-refractivity contribution in [3.8, 4) is 5.75 Å². The Hall–Kier alpha value is -2.77. The molecule has 1 amide bonds. The molecule has 0 saturated carbocycles. The third-order valence-electron chi connectivity index (χ3n) is 3.41. The van der Waals surface area contributed by atoms with Gasteiger partial charge in [0.1, 0.15) is 24.4 Å². The predicted octanol–water partition coefficient (Wildman–Crippen LogP) is 1.50. The van der Waals surface area contributed by atoms with Gasteiger partial charge >= 0.3 is 5.97 Å². The van der Waals surface area contributed by atoms with E-state index in [1.54, 1.807) is 38.1 Å². The first kappa shape index (κ1) is 20.3. The second-order valence-electron chi connectivity index (χ2n) is 5.71. The molecule has 1 aromatic rings. The topological polar surface area (TPSA) is 145 Å². The number of carboxylic acids is 1. The van der Waals surface area contributed by atoms with E-state index in [-0.39, 0.29) is 25.6 Å². The van der Waals surface area contributed by atoms with Crippen LogP contribution in [0.2, 0.25) is 0 Å². The van der Waals surface area contributed by atoms with Gasteiger partial charge in [0.25, 0.3) is 0 Å². The number of azide groups is 1. The summed E-state index contributed by atoms with van der Waals surface area (Å²) in [5.41, 5.74) is 9.22. The summed E-state index contributed by atoms with van der Waals surface area (Å²) in [6, 6.07) is 4.56. The fourth-order valence-electron chi connectivity index (χ4n) is 2.12. The van der Waals surface area contributed by atoms with E-state index in [1.807, 2.05) is 0 Å². The highest BCUT2D eigenvalue weighted by atomic mass is 16.5. The number of hydrogen-bond acceptors (Lipinski definition) is 5. The Morgan fingerprint density at radius 3 is 2.44 bits per heavy atom. The van der Waals surface area contributed by atoms with Crippen LogP contribution in [0.4, 0.5) is 0 Å². The lowest BCUT2D eigenvalue weighted by atomic mass is 10.0. The van der Waals surface area contributed by atoms with Crippen molar-refractivity contribution < 1.29 is 24.5 Å².